The van der Waals surface area contributed by atoms with E-state index in [1.54, 1.807) is 12.3 Å². The van der Waals surface area contributed by atoms with Crippen LogP contribution in [0.4, 0.5) is 11.6 Å². The second kappa shape index (κ2) is 11.3. The van der Waals surface area contributed by atoms with E-state index in [2.05, 4.69) is 25.6 Å². The molecule has 2 fully saturated rings. The number of hydrogen-bond donors (Lipinski definition) is 2. The Morgan fingerprint density at radius 3 is 2.69 bits per heavy atom. The normalized spacial score (nSPS) is 19.9. The van der Waals surface area contributed by atoms with Crippen LogP contribution in [0.5, 0.6) is 0 Å². The van der Waals surface area contributed by atoms with Crippen LogP contribution in [0.2, 0.25) is 10.2 Å². The van der Waals surface area contributed by atoms with Crippen molar-refractivity contribution in [1.29, 1.82) is 0 Å². The van der Waals surface area contributed by atoms with E-state index in [-0.39, 0.29) is 23.4 Å². The number of rotatable bonds is 7. The zero-order valence-corrected chi connectivity index (χ0v) is 21.7. The van der Waals surface area contributed by atoms with Crippen LogP contribution in [0.15, 0.2) is 18.5 Å². The van der Waals surface area contributed by atoms with Crippen LogP contribution < -0.4 is 10.6 Å². The first-order valence-electron chi connectivity index (χ1n) is 11.5. The van der Waals surface area contributed by atoms with Crippen LogP contribution in [0.3, 0.4) is 0 Å². The number of carbonyl (C=O) groups excluding carboxylic acids is 1. The van der Waals surface area contributed by atoms with Crippen LogP contribution in [-0.2, 0) is 19.6 Å². The lowest BCUT2D eigenvalue weighted by atomic mass is 9.99. The first-order valence-corrected chi connectivity index (χ1v) is 14.1. The second-order valence-electron chi connectivity index (χ2n) is 8.83. The van der Waals surface area contributed by atoms with Crippen LogP contribution in [-0.4, -0.2) is 72.7 Å². The number of nitrogens with zero attached hydrogens (tertiary/aromatic N) is 4. The van der Waals surface area contributed by atoms with Gasteiger partial charge in [-0.05, 0) is 37.7 Å². The lowest BCUT2D eigenvalue weighted by molar-refractivity contribution is -0.120. The van der Waals surface area contributed by atoms with Gasteiger partial charge in [0.25, 0.3) is 0 Å². The summed E-state index contributed by atoms with van der Waals surface area (Å²) in [6.45, 7) is 2.83. The van der Waals surface area contributed by atoms with Gasteiger partial charge < -0.3 is 15.4 Å². The third kappa shape index (κ3) is 6.79. The zero-order valence-electron chi connectivity index (χ0n) is 19.3. The molecule has 2 aromatic heterocycles. The van der Waals surface area contributed by atoms with E-state index in [0.29, 0.717) is 47.4 Å². The van der Waals surface area contributed by atoms with Crippen molar-refractivity contribution in [3.05, 3.63) is 28.6 Å². The lowest BCUT2D eigenvalue weighted by Crippen LogP contribution is -2.43. The highest BCUT2D eigenvalue weighted by Gasteiger charge is 2.30. The van der Waals surface area contributed by atoms with Gasteiger partial charge in [-0.3, -0.25) is 4.79 Å². The molecule has 0 spiro atoms. The Bertz CT molecular complexity index is 1180. The highest BCUT2D eigenvalue weighted by molar-refractivity contribution is 7.88. The summed E-state index contributed by atoms with van der Waals surface area (Å²) in [5.41, 5.74) is 0.845. The summed E-state index contributed by atoms with van der Waals surface area (Å²) in [6.07, 6.45) is 7.32. The average molecular weight is 543 g/mol. The summed E-state index contributed by atoms with van der Waals surface area (Å²) in [5.74, 6) is 0.555. The number of aromatic nitrogens is 3. The maximum Gasteiger partial charge on any atom is 0.229 e. The fourth-order valence-corrected chi connectivity index (χ4v) is 5.50. The quantitative estimate of drug-likeness (QED) is 0.545. The van der Waals surface area contributed by atoms with Gasteiger partial charge >= 0.3 is 0 Å². The Balaban J connectivity index is 1.48. The molecule has 10 nitrogen and oxygen atoms in total. The summed E-state index contributed by atoms with van der Waals surface area (Å²) in [4.78, 5) is 25.9. The van der Waals surface area contributed by atoms with Crippen LogP contribution in [0, 0.1) is 11.8 Å². The second-order valence-corrected chi connectivity index (χ2v) is 11.6. The molecule has 0 saturated carbocycles. The van der Waals surface area contributed by atoms with Crippen molar-refractivity contribution < 1.29 is 17.9 Å². The third-order valence-corrected chi connectivity index (χ3v) is 8.07. The minimum absolute atomic E-state index is 0.142. The van der Waals surface area contributed by atoms with Gasteiger partial charge in [-0.15, -0.1) is 0 Å². The smallest absolute Gasteiger partial charge is 0.229 e. The number of piperidine rings is 1. The summed E-state index contributed by atoms with van der Waals surface area (Å²) in [6, 6.07) is 1.59. The molecule has 2 aliphatic heterocycles. The molecule has 35 heavy (non-hydrogen) atoms. The zero-order chi connectivity index (χ0) is 25.0. The molecule has 0 aromatic carbocycles. The van der Waals surface area contributed by atoms with Gasteiger partial charge in [-0.1, -0.05) is 23.2 Å². The molecule has 0 radical (unpaired) electrons. The number of anilines is 2. The first kappa shape index (κ1) is 26.0. The molecule has 4 rings (SSSR count). The average Bonchev–Trinajstić information content (AvgIpc) is 2.85. The highest BCUT2D eigenvalue weighted by Crippen LogP contribution is 2.33. The van der Waals surface area contributed by atoms with Crippen molar-refractivity contribution in [1.82, 2.24) is 19.3 Å². The maximum atomic E-state index is 12.9. The van der Waals surface area contributed by atoms with Crippen LogP contribution >= 0.6 is 23.2 Å². The fraction of sp³-hybridized carbons (Fsp3) is 0.545. The van der Waals surface area contributed by atoms with Gasteiger partial charge in [0.15, 0.2) is 5.15 Å². The lowest BCUT2D eigenvalue weighted by Gasteiger charge is -2.30. The predicted molar refractivity (Wildman–Crippen MR) is 135 cm³/mol. The number of hydrogen-bond acceptors (Lipinski definition) is 8. The van der Waals surface area contributed by atoms with E-state index in [1.165, 1.54) is 10.5 Å². The predicted octanol–water partition coefficient (Wildman–Crippen LogP) is 3.29. The largest absolute Gasteiger partial charge is 0.381 e. The van der Waals surface area contributed by atoms with Crippen molar-refractivity contribution in [2.75, 3.05) is 49.7 Å². The standard InChI is InChI=1S/C22H28Cl2N6O4S/c1-35(32,33)30-6-2-3-15(13-30)22(31)29-18-9-16(17(23)11-26-18)20-21(24)27-12-19(28-20)25-10-14-4-7-34-8-5-14/h9,11-12,14-15H,2-8,10,13H2,1H3,(H,25,28)(H,26,29,31). The Morgan fingerprint density at radius 2 is 1.94 bits per heavy atom. The van der Waals surface area contributed by atoms with E-state index in [0.717, 1.165) is 38.9 Å². The molecule has 0 bridgehead atoms. The van der Waals surface area contributed by atoms with Crippen molar-refractivity contribution >= 4 is 50.8 Å². The molecule has 2 aliphatic rings. The summed E-state index contributed by atoms with van der Waals surface area (Å²) in [7, 11) is -3.36. The third-order valence-electron chi connectivity index (χ3n) is 6.23. The Kier molecular flexibility index (Phi) is 8.43. The van der Waals surface area contributed by atoms with Gasteiger partial charge in [0.05, 0.1) is 23.4 Å². The summed E-state index contributed by atoms with van der Waals surface area (Å²) < 4.78 is 30.5. The Morgan fingerprint density at radius 1 is 1.17 bits per heavy atom. The van der Waals surface area contributed by atoms with Crippen molar-refractivity contribution in [2.24, 2.45) is 11.8 Å². The molecule has 13 heteroatoms. The van der Waals surface area contributed by atoms with Crippen LogP contribution in [0.25, 0.3) is 11.3 Å². The molecule has 1 unspecified atom stereocenters. The molecular formula is C22H28Cl2N6O4S. The van der Waals surface area contributed by atoms with Crippen molar-refractivity contribution in [3.8, 4) is 11.3 Å². The number of halogens is 2. The molecule has 2 saturated heterocycles. The van der Waals surface area contributed by atoms with Gasteiger partial charge in [0.2, 0.25) is 15.9 Å². The van der Waals surface area contributed by atoms with E-state index >= 15 is 0 Å². The topological polar surface area (TPSA) is 126 Å². The molecule has 190 valence electrons. The molecular weight excluding hydrogens is 515 g/mol. The van der Waals surface area contributed by atoms with E-state index in [4.69, 9.17) is 27.9 Å². The first-order chi connectivity index (χ1) is 16.7. The number of nitrogens with one attached hydrogen (secondary N) is 2. The number of ether oxygens (including phenoxy) is 1. The molecule has 2 aromatic rings. The number of carbonyl (C=O) groups is 1. The fourth-order valence-electron chi connectivity index (χ4n) is 4.20. The molecule has 2 N–H and O–H groups in total. The van der Waals surface area contributed by atoms with Gasteiger partial charge in [-0.25, -0.2) is 27.7 Å². The van der Waals surface area contributed by atoms with E-state index in [9.17, 15) is 13.2 Å². The number of sulfonamides is 1. The molecule has 4 heterocycles. The Labute approximate surface area is 214 Å². The molecule has 1 atom stereocenters. The van der Waals surface area contributed by atoms with E-state index in [1.807, 2.05) is 0 Å². The van der Waals surface area contributed by atoms with E-state index < -0.39 is 15.9 Å². The monoisotopic (exact) mass is 542 g/mol. The van der Waals surface area contributed by atoms with Crippen LogP contribution in [0.1, 0.15) is 25.7 Å². The van der Waals surface area contributed by atoms with Gasteiger partial charge in [0.1, 0.15) is 17.3 Å². The minimum atomic E-state index is -3.36. The number of pyridine rings is 1. The number of amides is 1. The van der Waals surface area contributed by atoms with Gasteiger partial charge in [-0.2, -0.15) is 0 Å². The molecule has 1 amide bonds. The van der Waals surface area contributed by atoms with Crippen molar-refractivity contribution in [2.45, 2.75) is 25.7 Å². The minimum Gasteiger partial charge on any atom is -0.381 e. The van der Waals surface area contributed by atoms with Gasteiger partial charge in [0, 0.05) is 44.6 Å². The maximum absolute atomic E-state index is 12.9. The van der Waals surface area contributed by atoms with Crippen molar-refractivity contribution in [3.63, 3.8) is 0 Å². The summed E-state index contributed by atoms with van der Waals surface area (Å²) >= 11 is 12.7. The summed E-state index contributed by atoms with van der Waals surface area (Å²) in [5, 5.41) is 6.56. The highest BCUT2D eigenvalue weighted by atomic mass is 35.5. The SMILES string of the molecule is CS(=O)(=O)N1CCCC(C(=O)Nc2cc(-c3nc(NCC4CCOCC4)cnc3Cl)c(Cl)cn2)C1. The Hall–Kier alpha value is -2.05. The molecule has 0 aliphatic carbocycles.